The van der Waals surface area contributed by atoms with Gasteiger partial charge in [-0.1, -0.05) is 30.3 Å². The zero-order valence-electron chi connectivity index (χ0n) is 16.0. The highest BCUT2D eigenvalue weighted by Gasteiger charge is 2.34. The normalized spacial score (nSPS) is 24.6. The summed E-state index contributed by atoms with van der Waals surface area (Å²) in [5, 5.41) is 6.59. The van der Waals surface area contributed by atoms with Gasteiger partial charge in [-0.05, 0) is 50.5 Å². The van der Waals surface area contributed by atoms with Crippen LogP contribution in [-0.2, 0) is 20.7 Å². The van der Waals surface area contributed by atoms with Crippen LogP contribution in [0, 0.1) is 11.8 Å². The molecule has 1 aromatic carbocycles. The topological polar surface area (TPSA) is 67.4 Å². The number of nitrogens with one attached hydrogen (secondary N) is 2. The summed E-state index contributed by atoms with van der Waals surface area (Å²) in [6.07, 6.45) is 5.81. The molecule has 3 atom stereocenters. The minimum atomic E-state index is -0.342. The van der Waals surface area contributed by atoms with Crippen LogP contribution in [0.4, 0.5) is 0 Å². The molecule has 0 radical (unpaired) electrons. The van der Waals surface area contributed by atoms with Crippen LogP contribution in [0.5, 0.6) is 0 Å². The van der Waals surface area contributed by atoms with Crippen LogP contribution in [0.2, 0.25) is 0 Å². The smallest absolute Gasteiger partial charge is 0.311 e. The van der Waals surface area contributed by atoms with Crippen LogP contribution < -0.4 is 10.6 Å². The molecule has 27 heavy (non-hydrogen) atoms. The van der Waals surface area contributed by atoms with Crippen molar-refractivity contribution in [2.24, 2.45) is 11.8 Å². The second-order valence-corrected chi connectivity index (χ2v) is 7.62. The number of carbonyl (C=O) groups excluding carboxylic acids is 2. The Morgan fingerprint density at radius 1 is 1.19 bits per heavy atom. The molecule has 2 bridgehead atoms. The van der Waals surface area contributed by atoms with Gasteiger partial charge in [0.05, 0.1) is 12.5 Å². The van der Waals surface area contributed by atoms with Gasteiger partial charge >= 0.3 is 5.97 Å². The molecule has 2 aliphatic heterocycles. The Hall–Kier alpha value is -1.59. The third-order valence-corrected chi connectivity index (χ3v) is 5.54. The Morgan fingerprint density at radius 3 is 2.48 bits per heavy atom. The molecule has 2 aliphatic rings. The van der Waals surface area contributed by atoms with Gasteiger partial charge in [-0.15, -0.1) is 12.4 Å². The first-order valence-corrected chi connectivity index (χ1v) is 9.87. The van der Waals surface area contributed by atoms with E-state index in [-0.39, 0.29) is 30.2 Å². The van der Waals surface area contributed by atoms with Gasteiger partial charge in [-0.25, -0.2) is 0 Å². The largest absolute Gasteiger partial charge is 0.466 e. The van der Waals surface area contributed by atoms with Crippen LogP contribution in [0.1, 0.15) is 44.6 Å². The molecule has 2 saturated heterocycles. The number of hydrogen-bond donors (Lipinski definition) is 2. The first-order valence-electron chi connectivity index (χ1n) is 9.87. The fourth-order valence-corrected chi connectivity index (χ4v) is 4.31. The zero-order chi connectivity index (χ0) is 18.4. The fraction of sp³-hybridized carbons (Fsp3) is 0.619. The molecule has 3 rings (SSSR count). The van der Waals surface area contributed by atoms with Crippen molar-refractivity contribution in [1.29, 1.82) is 0 Å². The van der Waals surface area contributed by atoms with E-state index < -0.39 is 0 Å². The minimum absolute atomic E-state index is 0. The lowest BCUT2D eigenvalue weighted by molar-refractivity contribution is -0.147. The first kappa shape index (κ1) is 21.7. The molecule has 2 N–H and O–H groups in total. The summed E-state index contributed by atoms with van der Waals surface area (Å²) in [6, 6.07) is 11.1. The number of piperidine rings is 1. The Kier molecular flexibility index (Phi) is 8.58. The number of hydrogen-bond acceptors (Lipinski definition) is 4. The number of benzene rings is 1. The predicted molar refractivity (Wildman–Crippen MR) is 108 cm³/mol. The quantitative estimate of drug-likeness (QED) is 0.665. The predicted octanol–water partition coefficient (Wildman–Crippen LogP) is 2.87. The highest BCUT2D eigenvalue weighted by molar-refractivity contribution is 5.85. The van der Waals surface area contributed by atoms with Gasteiger partial charge in [-0.3, -0.25) is 9.59 Å². The molecule has 1 aromatic rings. The SMILES string of the molecule is CCOC(=O)C(CNC(=O)CC1CC2CCC(C1)N2)Cc1ccccc1.Cl. The summed E-state index contributed by atoms with van der Waals surface area (Å²) in [6.45, 7) is 2.50. The van der Waals surface area contributed by atoms with Crippen molar-refractivity contribution in [2.75, 3.05) is 13.2 Å². The highest BCUT2D eigenvalue weighted by Crippen LogP contribution is 2.32. The molecule has 0 aromatic heterocycles. The lowest BCUT2D eigenvalue weighted by atomic mass is 9.89. The van der Waals surface area contributed by atoms with Gasteiger partial charge in [0.25, 0.3) is 0 Å². The molecular weight excluding hydrogens is 364 g/mol. The number of ether oxygens (including phenoxy) is 1. The van der Waals surface area contributed by atoms with E-state index in [0.29, 0.717) is 44.0 Å². The highest BCUT2D eigenvalue weighted by atomic mass is 35.5. The van der Waals surface area contributed by atoms with Gasteiger partial charge < -0.3 is 15.4 Å². The van der Waals surface area contributed by atoms with Gasteiger partial charge in [0, 0.05) is 25.0 Å². The van der Waals surface area contributed by atoms with Crippen molar-refractivity contribution < 1.29 is 14.3 Å². The Balaban J connectivity index is 0.00000261. The van der Waals surface area contributed by atoms with Gasteiger partial charge in [0.2, 0.25) is 5.91 Å². The van der Waals surface area contributed by atoms with Crippen molar-refractivity contribution in [2.45, 2.75) is 57.5 Å². The van der Waals surface area contributed by atoms with Crippen LogP contribution in [0.15, 0.2) is 30.3 Å². The van der Waals surface area contributed by atoms with E-state index in [1.54, 1.807) is 0 Å². The zero-order valence-corrected chi connectivity index (χ0v) is 16.8. The first-order chi connectivity index (χ1) is 12.6. The number of amides is 1. The summed E-state index contributed by atoms with van der Waals surface area (Å²) in [5.41, 5.74) is 1.08. The van der Waals surface area contributed by atoms with E-state index in [2.05, 4.69) is 10.6 Å². The van der Waals surface area contributed by atoms with E-state index >= 15 is 0 Å². The molecule has 150 valence electrons. The summed E-state index contributed by atoms with van der Waals surface area (Å²) in [4.78, 5) is 24.7. The fourth-order valence-electron chi connectivity index (χ4n) is 4.31. The van der Waals surface area contributed by atoms with E-state index in [1.165, 1.54) is 12.8 Å². The number of halogens is 1. The summed E-state index contributed by atoms with van der Waals surface area (Å²) in [7, 11) is 0. The molecule has 2 heterocycles. The lowest BCUT2D eigenvalue weighted by Gasteiger charge is -2.28. The van der Waals surface area contributed by atoms with E-state index in [9.17, 15) is 9.59 Å². The monoisotopic (exact) mass is 394 g/mol. The lowest BCUT2D eigenvalue weighted by Crippen LogP contribution is -2.40. The number of esters is 1. The second kappa shape index (κ2) is 10.7. The molecule has 3 unspecified atom stereocenters. The molecule has 0 saturated carbocycles. The average molecular weight is 395 g/mol. The number of fused-ring (bicyclic) bond motifs is 2. The van der Waals surface area contributed by atoms with Crippen LogP contribution in [-0.4, -0.2) is 37.1 Å². The Labute approximate surface area is 168 Å². The van der Waals surface area contributed by atoms with E-state index in [1.807, 2.05) is 37.3 Å². The van der Waals surface area contributed by atoms with E-state index in [4.69, 9.17) is 4.74 Å². The third kappa shape index (κ3) is 6.51. The van der Waals surface area contributed by atoms with Crippen molar-refractivity contribution in [3.63, 3.8) is 0 Å². The van der Waals surface area contributed by atoms with Crippen molar-refractivity contribution in [3.8, 4) is 0 Å². The second-order valence-electron chi connectivity index (χ2n) is 7.62. The average Bonchev–Trinajstić information content (AvgIpc) is 2.98. The Morgan fingerprint density at radius 2 is 1.85 bits per heavy atom. The molecular formula is C21H31ClN2O3. The van der Waals surface area contributed by atoms with Gasteiger partial charge in [-0.2, -0.15) is 0 Å². The molecule has 6 heteroatoms. The van der Waals surface area contributed by atoms with Gasteiger partial charge in [0.1, 0.15) is 0 Å². The standard InChI is InChI=1S/C21H30N2O3.ClH/c1-2-26-21(25)17(10-15-6-4-3-5-7-15)14-22-20(24)13-16-11-18-8-9-19(12-16)23-18;/h3-7,16-19,23H,2,8-14H2,1H3,(H,22,24);1H. The van der Waals surface area contributed by atoms with Crippen molar-refractivity contribution in [3.05, 3.63) is 35.9 Å². The molecule has 2 fully saturated rings. The van der Waals surface area contributed by atoms with Crippen LogP contribution >= 0.6 is 12.4 Å². The molecule has 0 aliphatic carbocycles. The maximum absolute atomic E-state index is 12.4. The maximum atomic E-state index is 12.4. The van der Waals surface area contributed by atoms with Gasteiger partial charge in [0.15, 0.2) is 0 Å². The van der Waals surface area contributed by atoms with Crippen LogP contribution in [0.25, 0.3) is 0 Å². The maximum Gasteiger partial charge on any atom is 0.311 e. The number of rotatable bonds is 8. The third-order valence-electron chi connectivity index (χ3n) is 5.54. The molecule has 0 spiro atoms. The summed E-state index contributed by atoms with van der Waals surface area (Å²) in [5.74, 6) is -0.0651. The van der Waals surface area contributed by atoms with E-state index in [0.717, 1.165) is 18.4 Å². The summed E-state index contributed by atoms with van der Waals surface area (Å²) < 4.78 is 5.20. The molecule has 5 nitrogen and oxygen atoms in total. The Bertz CT molecular complexity index is 599. The number of carbonyl (C=O) groups is 2. The minimum Gasteiger partial charge on any atom is -0.466 e. The van der Waals surface area contributed by atoms with Crippen molar-refractivity contribution >= 4 is 24.3 Å². The molecule has 1 amide bonds. The van der Waals surface area contributed by atoms with Crippen molar-refractivity contribution in [1.82, 2.24) is 10.6 Å². The summed E-state index contributed by atoms with van der Waals surface area (Å²) >= 11 is 0. The van der Waals surface area contributed by atoms with Crippen LogP contribution in [0.3, 0.4) is 0 Å².